The van der Waals surface area contributed by atoms with Gasteiger partial charge in [0, 0.05) is 23.8 Å². The van der Waals surface area contributed by atoms with Gasteiger partial charge in [0.2, 0.25) is 5.91 Å². The summed E-state index contributed by atoms with van der Waals surface area (Å²) in [4.78, 5) is 15.2. The number of rotatable bonds is 6. The average molecular weight is 423 g/mol. The molecule has 2 aromatic carbocycles. The van der Waals surface area contributed by atoms with Crippen LogP contribution in [0.15, 0.2) is 53.7 Å². The lowest BCUT2D eigenvalue weighted by Crippen LogP contribution is -2.40. The van der Waals surface area contributed by atoms with E-state index in [2.05, 4.69) is 34.7 Å². The number of carbonyl (C=O) groups excluding carboxylic acids is 1. The van der Waals surface area contributed by atoms with Crippen molar-refractivity contribution in [2.75, 3.05) is 12.0 Å². The van der Waals surface area contributed by atoms with E-state index in [-0.39, 0.29) is 17.2 Å². The zero-order valence-corrected chi connectivity index (χ0v) is 18.5. The van der Waals surface area contributed by atoms with Gasteiger partial charge in [-0.1, -0.05) is 30.0 Å². The Balaban J connectivity index is 1.55. The van der Waals surface area contributed by atoms with Crippen molar-refractivity contribution < 1.29 is 9.53 Å². The van der Waals surface area contributed by atoms with Crippen LogP contribution in [0.1, 0.15) is 26.3 Å². The Morgan fingerprint density at radius 2 is 1.93 bits per heavy atom. The first kappa shape index (κ1) is 20.5. The van der Waals surface area contributed by atoms with Crippen LogP contribution in [0.5, 0.6) is 5.75 Å². The predicted molar refractivity (Wildman–Crippen MR) is 120 cm³/mol. The van der Waals surface area contributed by atoms with Crippen LogP contribution in [0, 0.1) is 0 Å². The molecular formula is C23H26N4O2S. The molecule has 0 bridgehead atoms. The molecule has 30 heavy (non-hydrogen) atoms. The second kappa shape index (κ2) is 8.52. The Bertz CT molecular complexity index is 1050. The number of ether oxygens (including phenoxy) is 1. The number of aromatic nitrogens is 3. The van der Waals surface area contributed by atoms with Crippen molar-refractivity contribution in [2.24, 2.45) is 0 Å². The number of methoxy groups -OCH3 is 1. The van der Waals surface area contributed by atoms with E-state index < -0.39 is 0 Å². The number of para-hydroxylation sites is 1. The number of hydrogen-bond acceptors (Lipinski definition) is 5. The lowest BCUT2D eigenvalue weighted by atomic mass is 10.1. The first-order valence-corrected chi connectivity index (χ1v) is 11.1. The summed E-state index contributed by atoms with van der Waals surface area (Å²) in [5.74, 6) is 1.70. The van der Waals surface area contributed by atoms with E-state index in [0.29, 0.717) is 0 Å². The normalized spacial score (nSPS) is 16.4. The van der Waals surface area contributed by atoms with Crippen LogP contribution >= 0.6 is 11.8 Å². The molecule has 156 valence electrons. The Labute approximate surface area is 181 Å². The van der Waals surface area contributed by atoms with E-state index in [1.54, 1.807) is 7.11 Å². The highest BCUT2D eigenvalue weighted by atomic mass is 32.2. The minimum Gasteiger partial charge on any atom is -0.497 e. The predicted octanol–water partition coefficient (Wildman–Crippen LogP) is 4.43. The van der Waals surface area contributed by atoms with Gasteiger partial charge in [-0.05, 0) is 63.1 Å². The van der Waals surface area contributed by atoms with Gasteiger partial charge in [-0.2, -0.15) is 0 Å². The van der Waals surface area contributed by atoms with Crippen LogP contribution < -0.4 is 9.64 Å². The zero-order chi connectivity index (χ0) is 21.3. The summed E-state index contributed by atoms with van der Waals surface area (Å²) < 4.78 is 7.29. The number of amides is 1. The Kier molecular flexibility index (Phi) is 5.81. The summed E-state index contributed by atoms with van der Waals surface area (Å²) in [6.45, 7) is 6.83. The summed E-state index contributed by atoms with van der Waals surface area (Å²) in [5, 5.41) is 9.28. The first-order chi connectivity index (χ1) is 14.5. The molecule has 0 saturated heterocycles. The molecule has 0 saturated carbocycles. The fourth-order valence-corrected chi connectivity index (χ4v) is 4.88. The molecule has 0 radical (unpaired) electrons. The van der Waals surface area contributed by atoms with Gasteiger partial charge in [-0.3, -0.25) is 4.79 Å². The van der Waals surface area contributed by atoms with Gasteiger partial charge in [0.25, 0.3) is 0 Å². The quantitative estimate of drug-likeness (QED) is 0.550. The SMILES string of the molecule is CCn1c(S[C@@H](C)C(=O)N2c3ccccc3C[C@H]2C)nnc1-c1ccc(OC)cc1. The summed E-state index contributed by atoms with van der Waals surface area (Å²) in [6, 6.07) is 16.1. The molecule has 0 fully saturated rings. The molecule has 1 aliphatic rings. The van der Waals surface area contributed by atoms with Gasteiger partial charge >= 0.3 is 0 Å². The molecular weight excluding hydrogens is 396 g/mol. The van der Waals surface area contributed by atoms with Gasteiger partial charge in [0.15, 0.2) is 11.0 Å². The maximum atomic E-state index is 13.3. The van der Waals surface area contributed by atoms with Crippen LogP contribution in [0.25, 0.3) is 11.4 Å². The second-order valence-electron chi connectivity index (χ2n) is 7.43. The van der Waals surface area contributed by atoms with E-state index in [0.717, 1.165) is 40.9 Å². The number of benzene rings is 2. The van der Waals surface area contributed by atoms with Gasteiger partial charge in [0.1, 0.15) is 5.75 Å². The van der Waals surface area contributed by atoms with Crippen LogP contribution in [-0.4, -0.2) is 39.1 Å². The summed E-state index contributed by atoms with van der Waals surface area (Å²) in [6.07, 6.45) is 0.895. The molecule has 7 heteroatoms. The largest absolute Gasteiger partial charge is 0.497 e. The smallest absolute Gasteiger partial charge is 0.240 e. The fourth-order valence-electron chi connectivity index (χ4n) is 3.92. The van der Waals surface area contributed by atoms with Crippen molar-refractivity contribution in [1.82, 2.24) is 14.8 Å². The topological polar surface area (TPSA) is 60.2 Å². The second-order valence-corrected chi connectivity index (χ2v) is 8.74. The minimum absolute atomic E-state index is 0.106. The number of fused-ring (bicyclic) bond motifs is 1. The van der Waals surface area contributed by atoms with Gasteiger partial charge in [0.05, 0.1) is 12.4 Å². The van der Waals surface area contributed by atoms with E-state index in [4.69, 9.17) is 4.74 Å². The molecule has 6 nitrogen and oxygen atoms in total. The maximum Gasteiger partial charge on any atom is 0.240 e. The van der Waals surface area contributed by atoms with E-state index >= 15 is 0 Å². The summed E-state index contributed by atoms with van der Waals surface area (Å²) in [7, 11) is 1.65. The minimum atomic E-state index is -0.267. The lowest BCUT2D eigenvalue weighted by molar-refractivity contribution is -0.118. The Hall–Kier alpha value is -2.80. The van der Waals surface area contributed by atoms with Crippen molar-refractivity contribution in [3.05, 3.63) is 54.1 Å². The molecule has 0 spiro atoms. The number of hydrogen-bond donors (Lipinski definition) is 0. The van der Waals surface area contributed by atoms with Crippen molar-refractivity contribution in [1.29, 1.82) is 0 Å². The molecule has 0 aliphatic carbocycles. The molecule has 3 aromatic rings. The summed E-state index contributed by atoms with van der Waals surface area (Å²) in [5.41, 5.74) is 3.23. The monoisotopic (exact) mass is 422 g/mol. The molecule has 1 amide bonds. The Morgan fingerprint density at radius 3 is 2.63 bits per heavy atom. The van der Waals surface area contributed by atoms with Crippen molar-refractivity contribution >= 4 is 23.4 Å². The van der Waals surface area contributed by atoms with Crippen molar-refractivity contribution in [2.45, 2.75) is 50.2 Å². The zero-order valence-electron chi connectivity index (χ0n) is 17.7. The molecule has 4 rings (SSSR count). The first-order valence-electron chi connectivity index (χ1n) is 10.2. The number of carbonyl (C=O) groups is 1. The van der Waals surface area contributed by atoms with Crippen molar-refractivity contribution in [3.63, 3.8) is 0 Å². The summed E-state index contributed by atoms with van der Waals surface area (Å²) >= 11 is 1.46. The van der Waals surface area contributed by atoms with E-state index in [1.807, 2.05) is 54.3 Å². The maximum absolute atomic E-state index is 13.3. The third-order valence-corrected chi connectivity index (χ3v) is 6.52. The van der Waals surface area contributed by atoms with Gasteiger partial charge in [-0.25, -0.2) is 0 Å². The third-order valence-electron chi connectivity index (χ3n) is 5.46. The molecule has 2 atom stereocenters. The van der Waals surface area contributed by atoms with Crippen LogP contribution in [0.2, 0.25) is 0 Å². The molecule has 0 N–H and O–H groups in total. The highest BCUT2D eigenvalue weighted by Crippen LogP contribution is 2.35. The Morgan fingerprint density at radius 1 is 1.20 bits per heavy atom. The van der Waals surface area contributed by atoms with Gasteiger partial charge in [-0.15, -0.1) is 10.2 Å². The van der Waals surface area contributed by atoms with Crippen LogP contribution in [0.3, 0.4) is 0 Å². The number of anilines is 1. The van der Waals surface area contributed by atoms with Crippen LogP contribution in [-0.2, 0) is 17.8 Å². The third kappa shape index (κ3) is 3.69. The highest BCUT2D eigenvalue weighted by Gasteiger charge is 2.34. The molecule has 1 aliphatic heterocycles. The van der Waals surface area contributed by atoms with Crippen LogP contribution in [0.4, 0.5) is 5.69 Å². The molecule has 0 unspecified atom stereocenters. The fraction of sp³-hybridized carbons (Fsp3) is 0.348. The average Bonchev–Trinajstić information content (AvgIpc) is 3.32. The highest BCUT2D eigenvalue weighted by molar-refractivity contribution is 8.00. The van der Waals surface area contributed by atoms with E-state index in [1.165, 1.54) is 17.3 Å². The van der Waals surface area contributed by atoms with E-state index in [9.17, 15) is 4.79 Å². The number of nitrogens with zero attached hydrogens (tertiary/aromatic N) is 4. The molecule has 2 heterocycles. The lowest BCUT2D eigenvalue weighted by Gasteiger charge is -2.25. The molecule has 1 aromatic heterocycles. The van der Waals surface area contributed by atoms with Gasteiger partial charge < -0.3 is 14.2 Å². The standard InChI is InChI=1S/C23H26N4O2S/c1-5-26-21(17-10-12-19(29-4)13-11-17)24-25-23(26)30-16(3)22(28)27-15(2)14-18-8-6-7-9-20(18)27/h6-13,15-16H,5,14H2,1-4H3/t15-,16+/m1/s1. The van der Waals surface area contributed by atoms with Crippen molar-refractivity contribution in [3.8, 4) is 17.1 Å². The number of thioether (sulfide) groups is 1.